The van der Waals surface area contributed by atoms with Gasteiger partial charge in [-0.3, -0.25) is 33.8 Å². The van der Waals surface area contributed by atoms with Gasteiger partial charge >= 0.3 is 11.9 Å². The van der Waals surface area contributed by atoms with E-state index in [1.54, 1.807) is 13.8 Å². The third-order valence-corrected chi connectivity index (χ3v) is 5.15. The van der Waals surface area contributed by atoms with Gasteiger partial charge in [0.05, 0.1) is 25.7 Å². The van der Waals surface area contributed by atoms with Crippen molar-refractivity contribution >= 4 is 47.4 Å². The maximum Gasteiger partial charge on any atom is 0.326 e. The molecule has 0 unspecified atom stereocenters. The Kier molecular flexibility index (Phi) is 16.6. The highest BCUT2D eigenvalue weighted by Crippen LogP contribution is 2.05. The minimum Gasteiger partial charge on any atom is -0.481 e. The fourth-order valence-corrected chi connectivity index (χ4v) is 2.97. The van der Waals surface area contributed by atoms with Gasteiger partial charge < -0.3 is 54.0 Å². The van der Waals surface area contributed by atoms with E-state index in [9.17, 15) is 38.7 Å². The lowest BCUT2D eigenvalue weighted by atomic mass is 10.0. The van der Waals surface area contributed by atoms with Crippen molar-refractivity contribution in [3.63, 3.8) is 0 Å². The second-order valence-electron chi connectivity index (χ2n) is 8.95. The summed E-state index contributed by atoms with van der Waals surface area (Å²) in [6.07, 6.45) is -0.113. The second kappa shape index (κ2) is 18.7. The van der Waals surface area contributed by atoms with Crippen molar-refractivity contribution in [1.82, 2.24) is 26.6 Å². The Balaban J connectivity index is 4.58. The molecular weight excluding hydrogens is 534 g/mol. The van der Waals surface area contributed by atoms with Crippen LogP contribution >= 0.6 is 0 Å². The van der Waals surface area contributed by atoms with Crippen LogP contribution in [-0.4, -0.2) is 102 Å². The molecule has 0 fully saturated rings. The molecule has 0 bridgehead atoms. The number of guanidine groups is 1. The van der Waals surface area contributed by atoms with Crippen molar-refractivity contribution in [2.45, 2.75) is 57.7 Å². The minimum absolute atomic E-state index is 0.0413. The SMILES string of the molecule is CC(C)[C@H](NC(=O)CNC(=O)CNC(=O)CNC(=O)[C@@H](N)CCC(=O)O)C(=O)N[C@@H](CCCN=C(N)N)C(=O)O. The van der Waals surface area contributed by atoms with Crippen molar-refractivity contribution in [2.24, 2.45) is 28.1 Å². The van der Waals surface area contributed by atoms with Crippen LogP contribution in [0.2, 0.25) is 0 Å². The van der Waals surface area contributed by atoms with E-state index in [2.05, 4.69) is 31.6 Å². The average molecular weight is 574 g/mol. The standard InChI is InChI=1S/C22H39N9O9/c1-11(2)18(20(38)30-13(21(39)40)4-3-7-26-22(24)25)31-16(34)10-28-14(32)8-27-15(33)9-29-19(37)12(23)5-6-17(35)36/h11-13,18H,3-10,23H2,1-2H3,(H,27,33)(H,28,32)(H,29,37)(H,30,38)(H,31,34)(H,35,36)(H,39,40)(H4,24,25,26)/t12-,13-,18-/m0/s1. The summed E-state index contributed by atoms with van der Waals surface area (Å²) in [7, 11) is 0. The van der Waals surface area contributed by atoms with Crippen LogP contribution < -0.4 is 43.8 Å². The molecule has 18 heteroatoms. The first kappa shape index (κ1) is 35.5. The molecule has 0 heterocycles. The van der Waals surface area contributed by atoms with E-state index in [1.165, 1.54) is 0 Å². The van der Waals surface area contributed by atoms with Crippen LogP contribution in [0.15, 0.2) is 4.99 Å². The summed E-state index contributed by atoms with van der Waals surface area (Å²) in [5, 5.41) is 29.4. The van der Waals surface area contributed by atoms with E-state index in [-0.39, 0.29) is 38.2 Å². The summed E-state index contributed by atoms with van der Waals surface area (Å²) in [6.45, 7) is 1.85. The molecule has 226 valence electrons. The van der Waals surface area contributed by atoms with E-state index in [4.69, 9.17) is 22.3 Å². The van der Waals surface area contributed by atoms with Crippen molar-refractivity contribution < 1.29 is 43.8 Å². The summed E-state index contributed by atoms with van der Waals surface area (Å²) in [6, 6.07) is -3.46. The lowest BCUT2D eigenvalue weighted by Crippen LogP contribution is -2.55. The first-order valence-electron chi connectivity index (χ1n) is 12.3. The zero-order valence-electron chi connectivity index (χ0n) is 22.4. The van der Waals surface area contributed by atoms with Crippen LogP contribution in [0.25, 0.3) is 0 Å². The molecule has 0 aliphatic rings. The first-order valence-corrected chi connectivity index (χ1v) is 12.3. The Morgan fingerprint density at radius 2 is 1.32 bits per heavy atom. The minimum atomic E-state index is -1.28. The van der Waals surface area contributed by atoms with Gasteiger partial charge in [-0.2, -0.15) is 0 Å². The maximum absolute atomic E-state index is 12.7. The molecule has 0 aromatic heterocycles. The summed E-state index contributed by atoms with van der Waals surface area (Å²) in [5.41, 5.74) is 15.9. The van der Waals surface area contributed by atoms with E-state index < -0.39 is 85.2 Å². The molecule has 5 amide bonds. The molecule has 3 atom stereocenters. The van der Waals surface area contributed by atoms with Gasteiger partial charge in [-0.1, -0.05) is 13.8 Å². The summed E-state index contributed by atoms with van der Waals surface area (Å²) in [4.78, 5) is 86.2. The molecule has 0 saturated carbocycles. The molecule has 13 N–H and O–H groups in total. The molecule has 18 nitrogen and oxygen atoms in total. The number of aliphatic carboxylic acids is 2. The van der Waals surface area contributed by atoms with Crippen molar-refractivity contribution in [1.29, 1.82) is 0 Å². The third-order valence-electron chi connectivity index (χ3n) is 5.15. The Hall–Kier alpha value is -4.48. The average Bonchev–Trinajstić information content (AvgIpc) is 2.87. The molecule has 0 aromatic rings. The Labute approximate surface area is 230 Å². The highest BCUT2D eigenvalue weighted by molar-refractivity contribution is 5.93. The van der Waals surface area contributed by atoms with Crippen LogP contribution in [0.5, 0.6) is 0 Å². The number of nitrogens with one attached hydrogen (secondary N) is 5. The zero-order valence-corrected chi connectivity index (χ0v) is 22.4. The Bertz CT molecular complexity index is 952. The van der Waals surface area contributed by atoms with Gasteiger partial charge in [0.25, 0.3) is 0 Å². The van der Waals surface area contributed by atoms with E-state index in [0.717, 1.165) is 0 Å². The number of carbonyl (C=O) groups excluding carboxylic acids is 5. The van der Waals surface area contributed by atoms with Gasteiger partial charge in [-0.05, 0) is 25.2 Å². The number of nitrogens with two attached hydrogens (primary N) is 3. The molecule has 0 rings (SSSR count). The van der Waals surface area contributed by atoms with Crippen LogP contribution in [0.4, 0.5) is 0 Å². The summed E-state index contributed by atoms with van der Waals surface area (Å²) in [5.74, 6) is -6.66. The number of carboxylic acid groups (broad SMARTS) is 2. The second-order valence-corrected chi connectivity index (χ2v) is 8.95. The third kappa shape index (κ3) is 16.4. The van der Waals surface area contributed by atoms with E-state index in [1.807, 2.05) is 0 Å². The van der Waals surface area contributed by atoms with Gasteiger partial charge in [-0.25, -0.2) is 4.79 Å². The number of amides is 5. The summed E-state index contributed by atoms with van der Waals surface area (Å²) >= 11 is 0. The van der Waals surface area contributed by atoms with Crippen molar-refractivity contribution in [3.05, 3.63) is 0 Å². The highest BCUT2D eigenvalue weighted by Gasteiger charge is 2.28. The molecule has 0 aromatic carbocycles. The number of rotatable bonds is 19. The fourth-order valence-electron chi connectivity index (χ4n) is 2.97. The van der Waals surface area contributed by atoms with E-state index in [0.29, 0.717) is 0 Å². The molecule has 0 aliphatic heterocycles. The number of carboxylic acids is 2. The van der Waals surface area contributed by atoms with Crippen LogP contribution in [0.3, 0.4) is 0 Å². The number of aliphatic imine (C=N–C) groups is 1. The molecule has 0 saturated heterocycles. The number of nitrogens with zero attached hydrogens (tertiary/aromatic N) is 1. The molecular formula is C22H39N9O9. The molecule has 40 heavy (non-hydrogen) atoms. The molecule has 0 radical (unpaired) electrons. The summed E-state index contributed by atoms with van der Waals surface area (Å²) < 4.78 is 0. The van der Waals surface area contributed by atoms with Gasteiger partial charge in [0, 0.05) is 13.0 Å². The Morgan fingerprint density at radius 3 is 1.82 bits per heavy atom. The largest absolute Gasteiger partial charge is 0.481 e. The number of hydrogen-bond donors (Lipinski definition) is 10. The van der Waals surface area contributed by atoms with Gasteiger partial charge in [0.15, 0.2) is 5.96 Å². The maximum atomic E-state index is 12.7. The zero-order chi connectivity index (χ0) is 30.8. The first-order chi connectivity index (χ1) is 18.6. The topological polar surface area (TPSA) is 311 Å². The fraction of sp³-hybridized carbons (Fsp3) is 0.636. The normalized spacial score (nSPS) is 12.7. The van der Waals surface area contributed by atoms with E-state index >= 15 is 0 Å². The van der Waals surface area contributed by atoms with Crippen LogP contribution in [0, 0.1) is 5.92 Å². The van der Waals surface area contributed by atoms with Gasteiger partial charge in [-0.15, -0.1) is 0 Å². The van der Waals surface area contributed by atoms with Crippen molar-refractivity contribution in [3.8, 4) is 0 Å². The lowest BCUT2D eigenvalue weighted by molar-refractivity contribution is -0.142. The lowest BCUT2D eigenvalue weighted by Gasteiger charge is -2.24. The Morgan fingerprint density at radius 1 is 0.775 bits per heavy atom. The predicted molar refractivity (Wildman–Crippen MR) is 140 cm³/mol. The quantitative estimate of drug-likeness (QED) is 0.0396. The number of hydrogen-bond acceptors (Lipinski definition) is 9. The van der Waals surface area contributed by atoms with Crippen LogP contribution in [-0.2, 0) is 33.6 Å². The number of carbonyl (C=O) groups is 7. The molecule has 0 aliphatic carbocycles. The highest BCUT2D eigenvalue weighted by atomic mass is 16.4. The van der Waals surface area contributed by atoms with Crippen molar-refractivity contribution in [2.75, 3.05) is 26.2 Å². The molecule has 0 spiro atoms. The monoisotopic (exact) mass is 573 g/mol. The predicted octanol–water partition coefficient (Wildman–Crippen LogP) is -4.71. The van der Waals surface area contributed by atoms with Gasteiger partial charge in [0.1, 0.15) is 12.1 Å². The van der Waals surface area contributed by atoms with Gasteiger partial charge in [0.2, 0.25) is 29.5 Å². The smallest absolute Gasteiger partial charge is 0.326 e. The van der Waals surface area contributed by atoms with Crippen LogP contribution in [0.1, 0.15) is 39.5 Å².